The summed E-state index contributed by atoms with van der Waals surface area (Å²) >= 11 is 6.91. The highest BCUT2D eigenvalue weighted by atomic mass is 79.9. The van der Waals surface area contributed by atoms with Crippen LogP contribution in [0.2, 0.25) is 0 Å². The molecule has 0 aliphatic heterocycles. The molecule has 0 bridgehead atoms. The van der Waals surface area contributed by atoms with E-state index in [2.05, 4.69) is 55.8 Å². The number of hydrogen-bond acceptors (Lipinski definition) is 4. The fourth-order valence-electron chi connectivity index (χ4n) is 1.55. The predicted octanol–water partition coefficient (Wildman–Crippen LogP) is 3.51. The SMILES string of the molecule is COC(=O)COc1c(Br)cc(CNCC(C)C)cc1Br. The van der Waals surface area contributed by atoms with Crippen LogP contribution in [0.3, 0.4) is 0 Å². The van der Waals surface area contributed by atoms with E-state index in [-0.39, 0.29) is 6.61 Å². The summed E-state index contributed by atoms with van der Waals surface area (Å²) in [5.74, 6) is 0.805. The molecule has 20 heavy (non-hydrogen) atoms. The molecule has 112 valence electrons. The van der Waals surface area contributed by atoms with Gasteiger partial charge in [-0.1, -0.05) is 13.8 Å². The van der Waals surface area contributed by atoms with Gasteiger partial charge in [-0.05, 0) is 62.0 Å². The van der Waals surface area contributed by atoms with Gasteiger partial charge in [0.2, 0.25) is 0 Å². The van der Waals surface area contributed by atoms with Crippen LogP contribution in [0, 0.1) is 5.92 Å². The molecule has 0 aliphatic rings. The average molecular weight is 409 g/mol. The first-order chi connectivity index (χ1) is 9.43. The summed E-state index contributed by atoms with van der Waals surface area (Å²) in [7, 11) is 1.33. The van der Waals surface area contributed by atoms with E-state index in [1.807, 2.05) is 12.1 Å². The molecule has 0 radical (unpaired) electrons. The molecule has 0 spiro atoms. The molecule has 0 unspecified atom stereocenters. The third-order valence-corrected chi connectivity index (χ3v) is 3.68. The van der Waals surface area contributed by atoms with E-state index in [0.29, 0.717) is 11.7 Å². The van der Waals surface area contributed by atoms with Crippen molar-refractivity contribution in [3.05, 3.63) is 26.6 Å². The van der Waals surface area contributed by atoms with E-state index in [1.165, 1.54) is 7.11 Å². The summed E-state index contributed by atoms with van der Waals surface area (Å²) in [5, 5.41) is 3.38. The number of rotatable bonds is 7. The highest BCUT2D eigenvalue weighted by Crippen LogP contribution is 2.34. The second-order valence-corrected chi connectivity index (χ2v) is 6.49. The summed E-state index contributed by atoms with van der Waals surface area (Å²) in [6.45, 7) is 5.98. The van der Waals surface area contributed by atoms with Crippen LogP contribution < -0.4 is 10.1 Å². The zero-order chi connectivity index (χ0) is 15.1. The first kappa shape index (κ1) is 17.5. The lowest BCUT2D eigenvalue weighted by Gasteiger charge is -2.12. The Morgan fingerprint density at radius 3 is 2.40 bits per heavy atom. The molecule has 0 aliphatic carbocycles. The fourth-order valence-corrected chi connectivity index (χ4v) is 3.06. The standard InChI is InChI=1S/C14H19Br2NO3/c1-9(2)6-17-7-10-4-11(15)14(12(16)5-10)20-8-13(18)19-3/h4-5,9,17H,6-8H2,1-3H3. The number of carbonyl (C=O) groups is 1. The smallest absolute Gasteiger partial charge is 0.343 e. The molecule has 6 heteroatoms. The zero-order valence-corrected chi connectivity index (χ0v) is 15.0. The van der Waals surface area contributed by atoms with E-state index in [4.69, 9.17) is 4.74 Å². The Bertz CT molecular complexity index is 441. The number of benzene rings is 1. The van der Waals surface area contributed by atoms with Crippen molar-refractivity contribution >= 4 is 37.8 Å². The van der Waals surface area contributed by atoms with Gasteiger partial charge in [0.05, 0.1) is 16.1 Å². The van der Waals surface area contributed by atoms with Crippen LogP contribution in [0.5, 0.6) is 5.75 Å². The van der Waals surface area contributed by atoms with Crippen LogP contribution in [0.25, 0.3) is 0 Å². The van der Waals surface area contributed by atoms with Crippen LogP contribution in [0.4, 0.5) is 0 Å². The van der Waals surface area contributed by atoms with Crippen molar-refractivity contribution in [1.82, 2.24) is 5.32 Å². The Hall–Kier alpha value is -0.590. The normalized spacial score (nSPS) is 10.7. The van der Waals surface area contributed by atoms with Gasteiger partial charge in [-0.2, -0.15) is 0 Å². The average Bonchev–Trinajstić information content (AvgIpc) is 2.37. The van der Waals surface area contributed by atoms with Gasteiger partial charge in [-0.3, -0.25) is 0 Å². The lowest BCUT2D eigenvalue weighted by molar-refractivity contribution is -0.142. The summed E-state index contributed by atoms with van der Waals surface area (Å²) in [6.07, 6.45) is 0. The van der Waals surface area contributed by atoms with Crippen molar-refractivity contribution in [3.8, 4) is 5.75 Å². The van der Waals surface area contributed by atoms with Gasteiger partial charge >= 0.3 is 5.97 Å². The van der Waals surface area contributed by atoms with Gasteiger partial charge in [0, 0.05) is 6.54 Å². The fraction of sp³-hybridized carbons (Fsp3) is 0.500. The molecule has 0 fully saturated rings. The highest BCUT2D eigenvalue weighted by Gasteiger charge is 2.11. The van der Waals surface area contributed by atoms with Gasteiger partial charge in [0.1, 0.15) is 5.75 Å². The maximum atomic E-state index is 11.1. The van der Waals surface area contributed by atoms with E-state index in [0.717, 1.165) is 27.6 Å². The van der Waals surface area contributed by atoms with Gasteiger partial charge < -0.3 is 14.8 Å². The number of esters is 1. The minimum absolute atomic E-state index is 0.112. The molecule has 4 nitrogen and oxygen atoms in total. The summed E-state index contributed by atoms with van der Waals surface area (Å²) in [4.78, 5) is 11.1. The van der Waals surface area contributed by atoms with E-state index >= 15 is 0 Å². The number of ether oxygens (including phenoxy) is 2. The van der Waals surface area contributed by atoms with Crippen LogP contribution in [0.15, 0.2) is 21.1 Å². The quantitative estimate of drug-likeness (QED) is 0.701. The van der Waals surface area contributed by atoms with E-state index in [1.54, 1.807) is 0 Å². The summed E-state index contributed by atoms with van der Waals surface area (Å²) in [6, 6.07) is 3.95. The number of methoxy groups -OCH3 is 1. The molecule has 0 saturated carbocycles. The van der Waals surface area contributed by atoms with E-state index < -0.39 is 5.97 Å². The Labute approximate surface area is 136 Å². The predicted molar refractivity (Wildman–Crippen MR) is 85.9 cm³/mol. The van der Waals surface area contributed by atoms with Crippen LogP contribution >= 0.6 is 31.9 Å². The molecule has 0 atom stereocenters. The number of nitrogens with one attached hydrogen (secondary N) is 1. The second-order valence-electron chi connectivity index (χ2n) is 4.78. The first-order valence-electron chi connectivity index (χ1n) is 6.32. The third kappa shape index (κ3) is 5.81. The van der Waals surface area contributed by atoms with Crippen LogP contribution in [-0.4, -0.2) is 26.2 Å². The molecule has 1 N–H and O–H groups in total. The monoisotopic (exact) mass is 407 g/mol. The van der Waals surface area contributed by atoms with Gasteiger partial charge in [-0.15, -0.1) is 0 Å². The summed E-state index contributed by atoms with van der Waals surface area (Å²) in [5.41, 5.74) is 1.13. The number of carbonyl (C=O) groups excluding carboxylic acids is 1. The van der Waals surface area contributed by atoms with Crippen molar-refractivity contribution in [2.75, 3.05) is 20.3 Å². The highest BCUT2D eigenvalue weighted by molar-refractivity contribution is 9.11. The molecular formula is C14H19Br2NO3. The number of hydrogen-bond donors (Lipinski definition) is 1. The Kier molecular flexibility index (Phi) is 7.55. The first-order valence-corrected chi connectivity index (χ1v) is 7.91. The molecule has 0 heterocycles. The van der Waals surface area contributed by atoms with Gasteiger partial charge in [-0.25, -0.2) is 4.79 Å². The van der Waals surface area contributed by atoms with Crippen molar-refractivity contribution in [1.29, 1.82) is 0 Å². The lowest BCUT2D eigenvalue weighted by atomic mass is 10.2. The minimum Gasteiger partial charge on any atom is -0.480 e. The van der Waals surface area contributed by atoms with Gasteiger partial charge in [0.25, 0.3) is 0 Å². The van der Waals surface area contributed by atoms with Crippen LogP contribution in [0.1, 0.15) is 19.4 Å². The number of halogens is 2. The Morgan fingerprint density at radius 1 is 1.30 bits per heavy atom. The molecule has 1 aromatic carbocycles. The van der Waals surface area contributed by atoms with Crippen LogP contribution in [-0.2, 0) is 16.1 Å². The summed E-state index contributed by atoms with van der Waals surface area (Å²) < 4.78 is 11.6. The zero-order valence-electron chi connectivity index (χ0n) is 11.8. The molecule has 1 aromatic rings. The second kappa shape index (κ2) is 8.64. The molecule has 0 amide bonds. The van der Waals surface area contributed by atoms with Crippen molar-refractivity contribution in [3.63, 3.8) is 0 Å². The lowest BCUT2D eigenvalue weighted by Crippen LogP contribution is -2.19. The van der Waals surface area contributed by atoms with Crippen molar-refractivity contribution < 1.29 is 14.3 Å². The minimum atomic E-state index is -0.411. The largest absolute Gasteiger partial charge is 0.480 e. The topological polar surface area (TPSA) is 47.6 Å². The van der Waals surface area contributed by atoms with Crippen molar-refractivity contribution in [2.24, 2.45) is 5.92 Å². The van der Waals surface area contributed by atoms with Crippen molar-refractivity contribution in [2.45, 2.75) is 20.4 Å². The molecule has 0 aromatic heterocycles. The Morgan fingerprint density at radius 2 is 1.90 bits per heavy atom. The maximum Gasteiger partial charge on any atom is 0.343 e. The maximum absolute atomic E-state index is 11.1. The molecule has 0 saturated heterocycles. The molecule has 1 rings (SSSR count). The molecular weight excluding hydrogens is 390 g/mol. The van der Waals surface area contributed by atoms with Gasteiger partial charge in [0.15, 0.2) is 6.61 Å². The Balaban J connectivity index is 2.68. The van der Waals surface area contributed by atoms with E-state index in [9.17, 15) is 4.79 Å². The third-order valence-electron chi connectivity index (χ3n) is 2.50.